The molecule has 128 valence electrons. The van der Waals surface area contributed by atoms with E-state index in [2.05, 4.69) is 10.6 Å². The zero-order chi connectivity index (χ0) is 18.2. The summed E-state index contributed by atoms with van der Waals surface area (Å²) in [7, 11) is 3.03. The molecule has 2 N–H and O–H groups in total. The second-order valence-corrected chi connectivity index (χ2v) is 5.28. The lowest BCUT2D eigenvalue weighted by molar-refractivity contribution is -0.112. The highest BCUT2D eigenvalue weighted by Crippen LogP contribution is 2.28. The molecule has 2 aromatic carbocycles. The molecule has 0 heterocycles. The third-order valence-corrected chi connectivity index (χ3v) is 3.46. The molecule has 0 atom stereocenters. The number of rotatable bonds is 6. The van der Waals surface area contributed by atoms with Crippen molar-refractivity contribution in [3.63, 3.8) is 0 Å². The first-order valence-electron chi connectivity index (χ1n) is 7.23. The predicted octanol–water partition coefficient (Wildman–Crippen LogP) is 3.82. The quantitative estimate of drug-likeness (QED) is 0.606. The number of carbonyl (C=O) groups excluding carboxylic acids is 1. The Hall–Kier alpha value is -3.17. The van der Waals surface area contributed by atoms with E-state index in [0.29, 0.717) is 27.9 Å². The van der Waals surface area contributed by atoms with Crippen molar-refractivity contribution >= 4 is 28.9 Å². The van der Waals surface area contributed by atoms with Gasteiger partial charge in [-0.1, -0.05) is 17.7 Å². The molecule has 0 aliphatic heterocycles. The number of hydrogen-bond donors (Lipinski definition) is 2. The van der Waals surface area contributed by atoms with Gasteiger partial charge in [-0.15, -0.1) is 0 Å². The molecule has 0 unspecified atom stereocenters. The molecule has 0 aliphatic carbocycles. The van der Waals surface area contributed by atoms with Gasteiger partial charge in [-0.25, -0.2) is 0 Å². The van der Waals surface area contributed by atoms with Crippen LogP contribution in [0.3, 0.4) is 0 Å². The highest BCUT2D eigenvalue weighted by Gasteiger charge is 2.13. The lowest BCUT2D eigenvalue weighted by atomic mass is 10.2. The summed E-state index contributed by atoms with van der Waals surface area (Å²) in [4.78, 5) is 12.3. The monoisotopic (exact) mass is 357 g/mol. The Kier molecular flexibility index (Phi) is 6.26. The fourth-order valence-corrected chi connectivity index (χ4v) is 2.16. The maximum Gasteiger partial charge on any atom is 0.267 e. The number of nitrogens with zero attached hydrogens (tertiary/aromatic N) is 1. The molecule has 0 saturated carbocycles. The highest BCUT2D eigenvalue weighted by atomic mass is 35.5. The lowest BCUT2D eigenvalue weighted by Crippen LogP contribution is -2.15. The lowest BCUT2D eigenvalue weighted by Gasteiger charge is -2.10. The minimum atomic E-state index is -0.585. The summed E-state index contributed by atoms with van der Waals surface area (Å²) in [5.41, 5.74) is 0.951. The average molecular weight is 358 g/mol. The van der Waals surface area contributed by atoms with Gasteiger partial charge in [0.05, 0.1) is 19.9 Å². The van der Waals surface area contributed by atoms with Crippen LogP contribution >= 0.6 is 11.6 Å². The van der Waals surface area contributed by atoms with Crippen molar-refractivity contribution in [2.75, 3.05) is 24.9 Å². The van der Waals surface area contributed by atoms with E-state index < -0.39 is 5.91 Å². The van der Waals surface area contributed by atoms with Gasteiger partial charge in [-0.3, -0.25) is 4.79 Å². The van der Waals surface area contributed by atoms with Gasteiger partial charge in [0.15, 0.2) is 0 Å². The van der Waals surface area contributed by atoms with Crippen molar-refractivity contribution in [2.24, 2.45) is 0 Å². The summed E-state index contributed by atoms with van der Waals surface area (Å²) < 4.78 is 10.3. The minimum Gasteiger partial charge on any atom is -0.497 e. The number of halogens is 1. The van der Waals surface area contributed by atoms with Crippen LogP contribution in [-0.4, -0.2) is 20.1 Å². The first kappa shape index (κ1) is 18.2. The summed E-state index contributed by atoms with van der Waals surface area (Å²) in [6.45, 7) is 0. The van der Waals surface area contributed by atoms with Crippen molar-refractivity contribution in [2.45, 2.75) is 0 Å². The number of amides is 1. The molecule has 6 nitrogen and oxygen atoms in total. The first-order valence-corrected chi connectivity index (χ1v) is 7.61. The van der Waals surface area contributed by atoms with Gasteiger partial charge in [0, 0.05) is 23.0 Å². The molecule has 1 amide bonds. The first-order chi connectivity index (χ1) is 12.1. The van der Waals surface area contributed by atoms with Gasteiger partial charge in [0.2, 0.25) is 0 Å². The van der Waals surface area contributed by atoms with E-state index >= 15 is 0 Å². The SMILES string of the molecule is COc1cccc(N/C=C(/C#N)C(=O)Nc2cc(Cl)ccc2OC)c1. The van der Waals surface area contributed by atoms with Crippen molar-refractivity contribution in [1.82, 2.24) is 0 Å². The zero-order valence-electron chi connectivity index (χ0n) is 13.7. The van der Waals surface area contributed by atoms with E-state index in [4.69, 9.17) is 21.1 Å². The van der Waals surface area contributed by atoms with Crippen LogP contribution in [0.15, 0.2) is 54.2 Å². The molecule has 0 fully saturated rings. The van der Waals surface area contributed by atoms with Crippen LogP contribution in [0.25, 0.3) is 0 Å². The number of methoxy groups -OCH3 is 2. The van der Waals surface area contributed by atoms with Gasteiger partial charge in [0.25, 0.3) is 5.91 Å². The summed E-state index contributed by atoms with van der Waals surface area (Å²) in [6.07, 6.45) is 1.32. The van der Waals surface area contributed by atoms with Crippen LogP contribution in [0.5, 0.6) is 11.5 Å². The molecule has 0 saturated heterocycles. The second-order valence-electron chi connectivity index (χ2n) is 4.84. The minimum absolute atomic E-state index is 0.107. The summed E-state index contributed by atoms with van der Waals surface area (Å²) in [5, 5.41) is 15.2. The number of nitriles is 1. The van der Waals surface area contributed by atoms with E-state index in [-0.39, 0.29) is 5.57 Å². The smallest absolute Gasteiger partial charge is 0.267 e. The maximum atomic E-state index is 12.3. The standard InChI is InChI=1S/C18H16ClN3O3/c1-24-15-5-3-4-14(9-15)21-11-12(10-20)18(23)22-16-8-13(19)6-7-17(16)25-2/h3-9,11,21H,1-2H3,(H,22,23)/b12-11-. The maximum absolute atomic E-state index is 12.3. The van der Waals surface area contributed by atoms with Crippen LogP contribution in [-0.2, 0) is 4.79 Å². The summed E-state index contributed by atoms with van der Waals surface area (Å²) in [5.74, 6) is 0.513. The van der Waals surface area contributed by atoms with Crippen molar-refractivity contribution < 1.29 is 14.3 Å². The fraction of sp³-hybridized carbons (Fsp3) is 0.111. The Morgan fingerprint density at radius 1 is 1.20 bits per heavy atom. The predicted molar refractivity (Wildman–Crippen MR) is 96.9 cm³/mol. The molecule has 2 rings (SSSR count). The third kappa shape index (κ3) is 4.90. The van der Waals surface area contributed by atoms with Gasteiger partial charge in [-0.05, 0) is 30.3 Å². The van der Waals surface area contributed by atoms with Crippen molar-refractivity contribution in [3.05, 3.63) is 59.3 Å². The normalized spacial score (nSPS) is 10.6. The molecule has 0 aromatic heterocycles. The second kappa shape index (κ2) is 8.62. The van der Waals surface area contributed by atoms with Crippen LogP contribution in [0, 0.1) is 11.3 Å². The van der Waals surface area contributed by atoms with E-state index in [0.717, 1.165) is 0 Å². The Bertz CT molecular complexity index is 844. The fourth-order valence-electron chi connectivity index (χ4n) is 1.98. The largest absolute Gasteiger partial charge is 0.497 e. The van der Waals surface area contributed by atoms with Gasteiger partial charge < -0.3 is 20.1 Å². The molecule has 2 aromatic rings. The molecular formula is C18H16ClN3O3. The Morgan fingerprint density at radius 2 is 2.00 bits per heavy atom. The number of carbonyl (C=O) groups is 1. The number of benzene rings is 2. The average Bonchev–Trinajstić information content (AvgIpc) is 2.62. The highest BCUT2D eigenvalue weighted by molar-refractivity contribution is 6.31. The van der Waals surface area contributed by atoms with Crippen molar-refractivity contribution in [3.8, 4) is 17.6 Å². The number of anilines is 2. The molecule has 25 heavy (non-hydrogen) atoms. The number of ether oxygens (including phenoxy) is 2. The molecule has 0 aliphatic rings. The van der Waals surface area contributed by atoms with Gasteiger partial charge in [0.1, 0.15) is 23.1 Å². The van der Waals surface area contributed by atoms with E-state index in [1.165, 1.54) is 13.3 Å². The Balaban J connectivity index is 2.15. The summed E-state index contributed by atoms with van der Waals surface area (Å²) >= 11 is 5.93. The van der Waals surface area contributed by atoms with Crippen LogP contribution in [0.1, 0.15) is 0 Å². The third-order valence-electron chi connectivity index (χ3n) is 3.23. The van der Waals surface area contributed by atoms with Crippen LogP contribution < -0.4 is 20.1 Å². The Morgan fingerprint density at radius 3 is 2.68 bits per heavy atom. The topological polar surface area (TPSA) is 83.4 Å². The van der Waals surface area contributed by atoms with E-state index in [1.54, 1.807) is 49.6 Å². The van der Waals surface area contributed by atoms with Crippen LogP contribution in [0.2, 0.25) is 5.02 Å². The number of nitrogens with one attached hydrogen (secondary N) is 2. The molecule has 0 bridgehead atoms. The van der Waals surface area contributed by atoms with Crippen molar-refractivity contribution in [1.29, 1.82) is 5.26 Å². The van der Waals surface area contributed by atoms with Crippen LogP contribution in [0.4, 0.5) is 11.4 Å². The summed E-state index contributed by atoms with van der Waals surface area (Å²) in [6, 6.07) is 13.8. The zero-order valence-corrected chi connectivity index (χ0v) is 14.4. The Labute approximate surface area is 150 Å². The molecule has 7 heteroatoms. The molecular weight excluding hydrogens is 342 g/mol. The number of hydrogen-bond acceptors (Lipinski definition) is 5. The van der Waals surface area contributed by atoms with E-state index in [1.807, 2.05) is 6.07 Å². The molecule has 0 spiro atoms. The molecule has 0 radical (unpaired) electrons. The van der Waals surface area contributed by atoms with E-state index in [9.17, 15) is 10.1 Å². The van der Waals surface area contributed by atoms with Gasteiger partial charge >= 0.3 is 0 Å². The van der Waals surface area contributed by atoms with Gasteiger partial charge in [-0.2, -0.15) is 5.26 Å².